The summed E-state index contributed by atoms with van der Waals surface area (Å²) in [6.07, 6.45) is 5.92. The standard InChI is InChI=1S/C13H20BN3O2/c1-12(2)13(3,4)19-14(18-12)10-7-16-11(8-15-10)17-9-5-6-9/h7-9H,5-6H2,1-4H3,(H,16,17). The zero-order chi connectivity index (χ0) is 13.7. The lowest BCUT2D eigenvalue weighted by atomic mass is 9.85. The van der Waals surface area contributed by atoms with Crippen LogP contribution in [0.1, 0.15) is 40.5 Å². The van der Waals surface area contributed by atoms with Crippen molar-refractivity contribution in [2.24, 2.45) is 0 Å². The maximum atomic E-state index is 5.94. The van der Waals surface area contributed by atoms with Gasteiger partial charge in [-0.15, -0.1) is 0 Å². The summed E-state index contributed by atoms with van der Waals surface area (Å²) in [6.45, 7) is 8.12. The van der Waals surface area contributed by atoms with Gasteiger partial charge in [0.2, 0.25) is 0 Å². The van der Waals surface area contributed by atoms with Gasteiger partial charge in [-0.05, 0) is 40.5 Å². The molecule has 1 saturated carbocycles. The van der Waals surface area contributed by atoms with Gasteiger partial charge in [-0.25, -0.2) is 4.98 Å². The van der Waals surface area contributed by atoms with Crippen LogP contribution in [0.3, 0.4) is 0 Å². The van der Waals surface area contributed by atoms with Gasteiger partial charge in [-0.3, -0.25) is 4.98 Å². The molecule has 2 aliphatic rings. The summed E-state index contributed by atoms with van der Waals surface area (Å²) in [7, 11) is -0.438. The molecule has 1 saturated heterocycles. The van der Waals surface area contributed by atoms with E-state index in [1.54, 1.807) is 12.4 Å². The van der Waals surface area contributed by atoms with Crippen LogP contribution in [0.15, 0.2) is 12.4 Å². The fourth-order valence-electron chi connectivity index (χ4n) is 1.93. The number of hydrogen-bond donors (Lipinski definition) is 1. The average Bonchev–Trinajstić information content (AvgIpc) is 3.08. The van der Waals surface area contributed by atoms with E-state index in [2.05, 4.69) is 15.3 Å². The molecule has 3 rings (SSSR count). The summed E-state index contributed by atoms with van der Waals surface area (Å²) < 4.78 is 11.9. The molecule has 0 atom stereocenters. The molecule has 2 heterocycles. The summed E-state index contributed by atoms with van der Waals surface area (Å²) in [6, 6.07) is 0.581. The van der Waals surface area contributed by atoms with Crippen molar-refractivity contribution in [1.29, 1.82) is 0 Å². The van der Waals surface area contributed by atoms with E-state index < -0.39 is 7.12 Å². The van der Waals surface area contributed by atoms with Crippen LogP contribution >= 0.6 is 0 Å². The second kappa shape index (κ2) is 4.18. The fraction of sp³-hybridized carbons (Fsp3) is 0.692. The number of nitrogens with one attached hydrogen (secondary N) is 1. The predicted octanol–water partition coefficient (Wildman–Crippen LogP) is 1.35. The highest BCUT2D eigenvalue weighted by Gasteiger charge is 2.52. The Hall–Kier alpha value is -1.14. The molecule has 1 aliphatic heterocycles. The number of rotatable bonds is 3. The lowest BCUT2D eigenvalue weighted by Crippen LogP contribution is -2.41. The van der Waals surface area contributed by atoms with E-state index in [1.165, 1.54) is 12.8 Å². The monoisotopic (exact) mass is 261 g/mol. The lowest BCUT2D eigenvalue weighted by Gasteiger charge is -2.32. The van der Waals surface area contributed by atoms with Crippen molar-refractivity contribution in [3.8, 4) is 0 Å². The van der Waals surface area contributed by atoms with E-state index in [9.17, 15) is 0 Å². The molecule has 0 spiro atoms. The molecule has 102 valence electrons. The molecule has 0 bridgehead atoms. The van der Waals surface area contributed by atoms with Gasteiger partial charge in [0.15, 0.2) is 0 Å². The van der Waals surface area contributed by atoms with Crippen LogP contribution in [0.25, 0.3) is 0 Å². The molecule has 0 radical (unpaired) electrons. The quantitative estimate of drug-likeness (QED) is 0.832. The van der Waals surface area contributed by atoms with E-state index in [0.29, 0.717) is 6.04 Å². The zero-order valence-corrected chi connectivity index (χ0v) is 11.9. The number of hydrogen-bond acceptors (Lipinski definition) is 5. The van der Waals surface area contributed by atoms with E-state index in [4.69, 9.17) is 9.31 Å². The molecule has 6 heteroatoms. The first-order valence-corrected chi connectivity index (χ1v) is 6.81. The Morgan fingerprint density at radius 2 is 1.74 bits per heavy atom. The largest absolute Gasteiger partial charge is 0.516 e. The molecule has 5 nitrogen and oxygen atoms in total. The highest BCUT2D eigenvalue weighted by Crippen LogP contribution is 2.36. The first-order valence-electron chi connectivity index (χ1n) is 6.81. The molecule has 0 aromatic carbocycles. The second-order valence-corrected chi connectivity index (χ2v) is 6.33. The van der Waals surface area contributed by atoms with Crippen LogP contribution in [0.4, 0.5) is 5.82 Å². The molecule has 1 aliphatic carbocycles. The van der Waals surface area contributed by atoms with E-state index in [1.807, 2.05) is 27.7 Å². The van der Waals surface area contributed by atoms with Crippen LogP contribution in [0.5, 0.6) is 0 Å². The summed E-state index contributed by atoms with van der Waals surface area (Å²) in [5, 5.41) is 3.31. The number of nitrogens with zero attached hydrogens (tertiary/aromatic N) is 2. The topological polar surface area (TPSA) is 56.3 Å². The van der Waals surface area contributed by atoms with E-state index in [0.717, 1.165) is 11.4 Å². The number of aromatic nitrogens is 2. The van der Waals surface area contributed by atoms with Crippen molar-refractivity contribution in [3.05, 3.63) is 12.4 Å². The normalized spacial score (nSPS) is 24.5. The van der Waals surface area contributed by atoms with Gasteiger partial charge in [0.25, 0.3) is 0 Å². The molecule has 0 amide bonds. The molecular weight excluding hydrogens is 241 g/mol. The van der Waals surface area contributed by atoms with Crippen molar-refractivity contribution in [2.75, 3.05) is 5.32 Å². The van der Waals surface area contributed by atoms with E-state index >= 15 is 0 Å². The molecule has 0 unspecified atom stereocenters. The summed E-state index contributed by atoms with van der Waals surface area (Å²) in [4.78, 5) is 8.76. The Morgan fingerprint density at radius 3 is 2.21 bits per heavy atom. The van der Waals surface area contributed by atoms with Crippen molar-refractivity contribution in [3.63, 3.8) is 0 Å². The van der Waals surface area contributed by atoms with Crippen molar-refractivity contribution >= 4 is 18.5 Å². The highest BCUT2D eigenvalue weighted by molar-refractivity contribution is 6.61. The van der Waals surface area contributed by atoms with Gasteiger partial charge in [-0.2, -0.15) is 0 Å². The fourth-order valence-corrected chi connectivity index (χ4v) is 1.93. The van der Waals surface area contributed by atoms with Gasteiger partial charge in [-0.1, -0.05) is 0 Å². The van der Waals surface area contributed by atoms with Crippen LogP contribution in [0.2, 0.25) is 0 Å². The summed E-state index contributed by atoms with van der Waals surface area (Å²) in [5.41, 5.74) is 0.0363. The van der Waals surface area contributed by atoms with Crippen LogP contribution in [-0.2, 0) is 9.31 Å². The molecule has 1 N–H and O–H groups in total. The Balaban J connectivity index is 1.72. The lowest BCUT2D eigenvalue weighted by molar-refractivity contribution is 0.00578. The van der Waals surface area contributed by atoms with Crippen molar-refractivity contribution in [2.45, 2.75) is 57.8 Å². The third-order valence-electron chi connectivity index (χ3n) is 4.10. The smallest absolute Gasteiger partial charge is 0.398 e. The first kappa shape index (κ1) is 12.9. The Bertz CT molecular complexity index is 455. The molecular formula is C13H20BN3O2. The minimum absolute atomic E-state index is 0.343. The van der Waals surface area contributed by atoms with Gasteiger partial charge in [0.1, 0.15) is 5.82 Å². The first-order chi connectivity index (χ1) is 8.87. The Morgan fingerprint density at radius 1 is 1.11 bits per heavy atom. The second-order valence-electron chi connectivity index (χ2n) is 6.33. The molecule has 2 fully saturated rings. The Kier molecular flexibility index (Phi) is 2.83. The van der Waals surface area contributed by atoms with Gasteiger partial charge < -0.3 is 14.6 Å². The predicted molar refractivity (Wildman–Crippen MR) is 74.4 cm³/mol. The molecule has 1 aromatic rings. The summed E-state index contributed by atoms with van der Waals surface area (Å²) in [5.74, 6) is 0.822. The summed E-state index contributed by atoms with van der Waals surface area (Å²) >= 11 is 0. The van der Waals surface area contributed by atoms with Gasteiger partial charge in [0, 0.05) is 12.2 Å². The third-order valence-corrected chi connectivity index (χ3v) is 4.10. The molecule has 19 heavy (non-hydrogen) atoms. The van der Waals surface area contributed by atoms with Crippen LogP contribution in [0, 0.1) is 0 Å². The van der Waals surface area contributed by atoms with E-state index in [-0.39, 0.29) is 11.2 Å². The van der Waals surface area contributed by atoms with Gasteiger partial charge >= 0.3 is 7.12 Å². The Labute approximate surface area is 114 Å². The third kappa shape index (κ3) is 2.47. The highest BCUT2D eigenvalue weighted by atomic mass is 16.7. The SMILES string of the molecule is CC1(C)OB(c2cnc(NC3CC3)cn2)OC1(C)C. The average molecular weight is 261 g/mol. The minimum atomic E-state index is -0.438. The van der Waals surface area contributed by atoms with Crippen LogP contribution in [-0.4, -0.2) is 34.3 Å². The number of anilines is 1. The van der Waals surface area contributed by atoms with Crippen molar-refractivity contribution in [1.82, 2.24) is 9.97 Å². The maximum absolute atomic E-state index is 5.94. The van der Waals surface area contributed by atoms with Gasteiger partial charge in [0.05, 0.1) is 23.0 Å². The minimum Gasteiger partial charge on any atom is -0.398 e. The zero-order valence-electron chi connectivity index (χ0n) is 11.9. The van der Waals surface area contributed by atoms with Crippen molar-refractivity contribution < 1.29 is 9.31 Å². The molecule has 1 aromatic heterocycles. The van der Waals surface area contributed by atoms with Crippen LogP contribution < -0.4 is 10.9 Å². The maximum Gasteiger partial charge on any atom is 0.516 e.